The fourth-order valence-corrected chi connectivity index (χ4v) is 3.26. The highest BCUT2D eigenvalue weighted by molar-refractivity contribution is 7.09. The van der Waals surface area contributed by atoms with Crippen LogP contribution in [-0.2, 0) is 12.7 Å². The van der Waals surface area contributed by atoms with Crippen molar-refractivity contribution in [3.8, 4) is 5.69 Å². The third-order valence-corrected chi connectivity index (χ3v) is 4.62. The number of rotatable bonds is 3. The molecule has 1 N–H and O–H groups in total. The number of hydrogen-bond acceptors (Lipinski definition) is 2. The Balaban J connectivity index is 1.83. The largest absolute Gasteiger partial charge is 0.416 e. The first-order valence-electron chi connectivity index (χ1n) is 8.06. The number of aromatic nitrogens is 1. The lowest BCUT2D eigenvalue weighted by Gasteiger charge is -2.08. The summed E-state index contributed by atoms with van der Waals surface area (Å²) in [5, 5.41) is 2.70. The van der Waals surface area contributed by atoms with Crippen LogP contribution in [0, 0.1) is 6.92 Å². The van der Waals surface area contributed by atoms with Crippen LogP contribution in [0.3, 0.4) is 0 Å². The molecule has 3 rings (SSSR count). The van der Waals surface area contributed by atoms with Gasteiger partial charge in [-0.1, -0.05) is 30.3 Å². The number of hydrogen-bond donors (Lipinski definition) is 1. The molecule has 0 saturated carbocycles. The van der Waals surface area contributed by atoms with Gasteiger partial charge in [0.25, 0.3) is 0 Å². The van der Waals surface area contributed by atoms with Gasteiger partial charge < -0.3 is 5.32 Å². The first-order valence-corrected chi connectivity index (χ1v) is 8.88. The van der Waals surface area contributed by atoms with E-state index in [2.05, 4.69) is 10.3 Å². The maximum atomic E-state index is 12.7. The zero-order chi connectivity index (χ0) is 19.4. The maximum absolute atomic E-state index is 12.7. The second-order valence-electron chi connectivity index (χ2n) is 5.80. The first-order chi connectivity index (χ1) is 12.8. The van der Waals surface area contributed by atoms with E-state index in [0.717, 1.165) is 22.6 Å². The Bertz CT molecular complexity index is 990. The molecule has 0 aliphatic carbocycles. The van der Waals surface area contributed by atoms with Crippen LogP contribution in [0.15, 0.2) is 65.8 Å². The average Bonchev–Trinajstić information content (AvgIpc) is 3.00. The summed E-state index contributed by atoms with van der Waals surface area (Å²) in [6, 6.07) is 13.6. The molecule has 8 heteroatoms. The maximum Gasteiger partial charge on any atom is 0.416 e. The summed E-state index contributed by atoms with van der Waals surface area (Å²) in [6.45, 7) is 2.18. The van der Waals surface area contributed by atoms with Crippen molar-refractivity contribution in [1.29, 1.82) is 0 Å². The van der Waals surface area contributed by atoms with Crippen molar-refractivity contribution in [2.24, 2.45) is 4.99 Å². The Morgan fingerprint density at radius 2 is 1.78 bits per heavy atom. The van der Waals surface area contributed by atoms with Crippen molar-refractivity contribution in [2.75, 3.05) is 0 Å². The van der Waals surface area contributed by atoms with E-state index in [-0.39, 0.29) is 0 Å². The number of benzene rings is 2. The molecule has 0 unspecified atom stereocenters. The number of nitrogens with one attached hydrogen (secondary N) is 1. The van der Waals surface area contributed by atoms with Crippen LogP contribution >= 0.6 is 11.3 Å². The molecule has 140 valence electrons. The molecule has 1 aromatic heterocycles. The number of thiazole rings is 1. The SMILES string of the molecule is Cc1cn(-c2ccc(C(F)(F)F)cc2)/c(=N/C(=O)NCc2ccccc2)s1. The monoisotopic (exact) mass is 391 g/mol. The Morgan fingerprint density at radius 1 is 1.11 bits per heavy atom. The molecule has 0 saturated heterocycles. The molecule has 2 aromatic carbocycles. The lowest BCUT2D eigenvalue weighted by Crippen LogP contribution is -2.23. The van der Waals surface area contributed by atoms with E-state index < -0.39 is 17.8 Å². The number of alkyl halides is 3. The van der Waals surface area contributed by atoms with Gasteiger partial charge in [-0.25, -0.2) is 4.79 Å². The lowest BCUT2D eigenvalue weighted by atomic mass is 10.2. The summed E-state index contributed by atoms with van der Waals surface area (Å²) < 4.78 is 39.8. The zero-order valence-corrected chi connectivity index (χ0v) is 15.1. The minimum absolute atomic E-state index is 0.341. The van der Waals surface area contributed by atoms with Crippen LogP contribution in [0.1, 0.15) is 16.0 Å². The summed E-state index contributed by atoms with van der Waals surface area (Å²) >= 11 is 1.28. The van der Waals surface area contributed by atoms with Crippen molar-refractivity contribution in [1.82, 2.24) is 9.88 Å². The Morgan fingerprint density at radius 3 is 2.41 bits per heavy atom. The third-order valence-electron chi connectivity index (χ3n) is 3.73. The highest BCUT2D eigenvalue weighted by Crippen LogP contribution is 2.29. The van der Waals surface area contributed by atoms with Crippen molar-refractivity contribution in [3.63, 3.8) is 0 Å². The molecule has 0 fully saturated rings. The summed E-state index contributed by atoms with van der Waals surface area (Å²) in [4.78, 5) is 17.4. The minimum atomic E-state index is -4.39. The van der Waals surface area contributed by atoms with E-state index in [1.807, 2.05) is 37.3 Å². The highest BCUT2D eigenvalue weighted by Gasteiger charge is 2.30. The molecular formula is C19H16F3N3OS. The van der Waals surface area contributed by atoms with Gasteiger partial charge >= 0.3 is 12.2 Å². The van der Waals surface area contributed by atoms with E-state index in [1.165, 1.54) is 23.5 Å². The van der Waals surface area contributed by atoms with Gasteiger partial charge in [-0.2, -0.15) is 18.2 Å². The fourth-order valence-electron chi connectivity index (χ4n) is 2.43. The molecule has 2 amide bonds. The van der Waals surface area contributed by atoms with Gasteiger partial charge in [-0.15, -0.1) is 11.3 Å². The molecule has 0 atom stereocenters. The van der Waals surface area contributed by atoms with Gasteiger partial charge in [-0.3, -0.25) is 4.57 Å². The van der Waals surface area contributed by atoms with Crippen LogP contribution < -0.4 is 10.1 Å². The number of halogens is 3. The lowest BCUT2D eigenvalue weighted by molar-refractivity contribution is -0.137. The molecule has 3 aromatic rings. The standard InChI is InChI=1S/C19H16F3N3OS/c1-13-12-25(16-9-7-15(8-10-16)19(20,21)22)18(27-13)24-17(26)23-11-14-5-3-2-4-6-14/h2-10,12H,11H2,1H3,(H,23,26)/b24-18-. The fraction of sp³-hybridized carbons (Fsp3) is 0.158. The molecule has 0 aliphatic heterocycles. The Hall–Kier alpha value is -2.87. The molecule has 0 bridgehead atoms. The highest BCUT2D eigenvalue weighted by atomic mass is 32.1. The molecule has 27 heavy (non-hydrogen) atoms. The van der Waals surface area contributed by atoms with Crippen LogP contribution in [0.5, 0.6) is 0 Å². The van der Waals surface area contributed by atoms with Gasteiger partial charge in [0.15, 0.2) is 4.80 Å². The van der Waals surface area contributed by atoms with Crippen molar-refractivity contribution < 1.29 is 18.0 Å². The predicted octanol–water partition coefficient (Wildman–Crippen LogP) is 4.68. The molecule has 0 aliphatic rings. The number of aryl methyl sites for hydroxylation is 1. The molecule has 0 radical (unpaired) electrons. The average molecular weight is 391 g/mol. The molecular weight excluding hydrogens is 375 g/mol. The van der Waals surface area contributed by atoms with Crippen LogP contribution in [0.2, 0.25) is 0 Å². The predicted molar refractivity (Wildman–Crippen MR) is 97.6 cm³/mol. The second kappa shape index (κ2) is 7.79. The summed E-state index contributed by atoms with van der Waals surface area (Å²) in [7, 11) is 0. The Labute approximate surface area is 157 Å². The second-order valence-corrected chi connectivity index (χ2v) is 7.01. The van der Waals surface area contributed by atoms with Crippen LogP contribution in [0.25, 0.3) is 5.69 Å². The Kier molecular flexibility index (Phi) is 5.46. The van der Waals surface area contributed by atoms with Gasteiger partial charge in [0.2, 0.25) is 0 Å². The molecule has 4 nitrogen and oxygen atoms in total. The normalized spacial score (nSPS) is 12.2. The van der Waals surface area contributed by atoms with Gasteiger partial charge in [0, 0.05) is 23.3 Å². The van der Waals surface area contributed by atoms with Gasteiger partial charge in [-0.05, 0) is 36.8 Å². The quantitative estimate of drug-likeness (QED) is 0.693. The van der Waals surface area contributed by atoms with Crippen LogP contribution in [0.4, 0.5) is 18.0 Å². The summed E-state index contributed by atoms with van der Waals surface area (Å²) in [6.07, 6.45) is -2.66. The zero-order valence-electron chi connectivity index (χ0n) is 14.3. The summed E-state index contributed by atoms with van der Waals surface area (Å²) in [5.41, 5.74) is 0.721. The molecule has 1 heterocycles. The van der Waals surface area contributed by atoms with E-state index in [9.17, 15) is 18.0 Å². The van der Waals surface area contributed by atoms with Crippen molar-refractivity contribution in [3.05, 3.63) is 81.6 Å². The number of carbonyl (C=O) groups excluding carboxylic acids is 1. The third kappa shape index (κ3) is 4.85. The minimum Gasteiger partial charge on any atom is -0.332 e. The molecule has 0 spiro atoms. The van der Waals surface area contributed by atoms with Crippen molar-refractivity contribution >= 4 is 17.4 Å². The number of amides is 2. The number of carbonyl (C=O) groups is 1. The number of nitrogens with zero attached hydrogens (tertiary/aromatic N) is 2. The summed E-state index contributed by atoms with van der Waals surface area (Å²) in [5.74, 6) is 0. The first kappa shape index (κ1) is 18.9. The van der Waals surface area contributed by atoms with Gasteiger partial charge in [0.1, 0.15) is 0 Å². The van der Waals surface area contributed by atoms with E-state index in [1.54, 1.807) is 10.8 Å². The van der Waals surface area contributed by atoms with Crippen LogP contribution in [-0.4, -0.2) is 10.6 Å². The van der Waals surface area contributed by atoms with E-state index in [4.69, 9.17) is 0 Å². The van der Waals surface area contributed by atoms with E-state index in [0.29, 0.717) is 17.0 Å². The number of urea groups is 1. The van der Waals surface area contributed by atoms with E-state index >= 15 is 0 Å². The smallest absolute Gasteiger partial charge is 0.332 e. The van der Waals surface area contributed by atoms with Gasteiger partial charge in [0.05, 0.1) is 5.56 Å². The topological polar surface area (TPSA) is 46.4 Å². The van der Waals surface area contributed by atoms with Crippen molar-refractivity contribution in [2.45, 2.75) is 19.6 Å².